The zero-order chi connectivity index (χ0) is 12.8. The normalized spacial score (nSPS) is 11.8. The first kappa shape index (κ1) is 15.3. The van der Waals surface area contributed by atoms with Crippen molar-refractivity contribution in [3.63, 3.8) is 0 Å². The molecule has 0 radical (unpaired) electrons. The Morgan fingerprint density at radius 2 is 1.75 bits per heavy atom. The first-order chi connectivity index (χ1) is 7.31. The summed E-state index contributed by atoms with van der Waals surface area (Å²) in [5.41, 5.74) is 5.29. The lowest BCUT2D eigenvalue weighted by atomic mass is 10.3. The Hall–Kier alpha value is -0.660. The minimum Gasteiger partial charge on any atom is -0.348 e. The highest BCUT2D eigenvalue weighted by Gasteiger charge is 2.20. The van der Waals surface area contributed by atoms with Crippen molar-refractivity contribution in [2.75, 3.05) is 40.0 Å². The van der Waals surface area contributed by atoms with Gasteiger partial charge in [0.1, 0.15) is 0 Å². The number of carbonyl (C=O) groups is 1. The van der Waals surface area contributed by atoms with Gasteiger partial charge in [0.05, 0.1) is 12.3 Å². The summed E-state index contributed by atoms with van der Waals surface area (Å²) in [6.45, 7) is 0.369. The number of nitrogens with zero attached hydrogens (tertiary/aromatic N) is 2. The Bertz CT molecular complexity index is 314. The number of rotatable bonds is 7. The molecule has 0 aliphatic heterocycles. The number of unbranched alkanes of at least 4 members (excludes halogenated alkanes) is 1. The van der Waals surface area contributed by atoms with E-state index < -0.39 is 10.0 Å². The summed E-state index contributed by atoms with van der Waals surface area (Å²) in [7, 11) is 1.27. The predicted molar refractivity (Wildman–Crippen MR) is 63.4 cm³/mol. The van der Waals surface area contributed by atoms with Crippen LogP contribution in [0.2, 0.25) is 0 Å². The van der Waals surface area contributed by atoms with Crippen LogP contribution in [0.4, 0.5) is 0 Å². The van der Waals surface area contributed by atoms with Crippen molar-refractivity contribution in [3.8, 4) is 0 Å². The van der Waals surface area contributed by atoms with Crippen molar-refractivity contribution >= 4 is 15.9 Å². The van der Waals surface area contributed by atoms with Gasteiger partial charge in [0.25, 0.3) is 0 Å². The maximum atomic E-state index is 11.7. The summed E-state index contributed by atoms with van der Waals surface area (Å²) in [6.07, 6.45) is 1.20. The maximum absolute atomic E-state index is 11.7. The van der Waals surface area contributed by atoms with Gasteiger partial charge in [0.15, 0.2) is 0 Å². The van der Waals surface area contributed by atoms with Gasteiger partial charge < -0.3 is 10.6 Å². The smallest absolute Gasteiger partial charge is 0.237 e. The molecule has 2 N–H and O–H groups in total. The van der Waals surface area contributed by atoms with Crippen LogP contribution >= 0.6 is 0 Å². The zero-order valence-corrected chi connectivity index (χ0v) is 11.0. The van der Waals surface area contributed by atoms with Gasteiger partial charge >= 0.3 is 0 Å². The van der Waals surface area contributed by atoms with Crippen molar-refractivity contribution < 1.29 is 13.2 Å². The fraction of sp³-hybridized carbons (Fsp3) is 0.889. The molecule has 0 heterocycles. The van der Waals surface area contributed by atoms with Gasteiger partial charge in [0.2, 0.25) is 15.9 Å². The molecule has 0 saturated carbocycles. The Kier molecular flexibility index (Phi) is 6.54. The van der Waals surface area contributed by atoms with E-state index in [1.165, 1.54) is 11.9 Å². The topological polar surface area (TPSA) is 83.7 Å². The van der Waals surface area contributed by atoms with Crippen molar-refractivity contribution in [2.45, 2.75) is 12.8 Å². The number of carbonyl (C=O) groups excluding carboxylic acids is 1. The molecule has 7 heteroatoms. The minimum absolute atomic E-state index is 0.0431. The highest BCUT2D eigenvalue weighted by molar-refractivity contribution is 7.89. The van der Waals surface area contributed by atoms with E-state index in [9.17, 15) is 13.2 Å². The molecule has 0 aromatic carbocycles. The van der Waals surface area contributed by atoms with Crippen LogP contribution in [0.25, 0.3) is 0 Å². The third-order valence-corrected chi connectivity index (χ3v) is 4.07. The molecule has 16 heavy (non-hydrogen) atoms. The van der Waals surface area contributed by atoms with Crippen LogP contribution in [0, 0.1) is 0 Å². The number of nitrogens with two attached hydrogens (primary N) is 1. The fourth-order valence-corrected chi connectivity index (χ4v) is 2.20. The summed E-state index contributed by atoms with van der Waals surface area (Å²) >= 11 is 0. The largest absolute Gasteiger partial charge is 0.348 e. The number of amides is 1. The number of likely N-dealkylation sites (N-methyl/N-ethyl adjacent to an activating group) is 2. The molecule has 0 atom stereocenters. The Labute approximate surface area is 97.4 Å². The maximum Gasteiger partial charge on any atom is 0.237 e. The van der Waals surface area contributed by atoms with E-state index in [0.717, 1.165) is 4.31 Å². The first-order valence-corrected chi connectivity index (χ1v) is 6.76. The van der Waals surface area contributed by atoms with Crippen LogP contribution in [-0.2, 0) is 14.8 Å². The summed E-state index contributed by atoms with van der Waals surface area (Å²) < 4.78 is 24.4. The zero-order valence-electron chi connectivity index (χ0n) is 10.1. The Morgan fingerprint density at radius 3 is 2.19 bits per heavy atom. The van der Waals surface area contributed by atoms with Gasteiger partial charge in [-0.3, -0.25) is 4.79 Å². The highest BCUT2D eigenvalue weighted by Crippen LogP contribution is 2.02. The summed E-state index contributed by atoms with van der Waals surface area (Å²) in [5, 5.41) is 0. The van der Waals surface area contributed by atoms with Crippen LogP contribution in [0.15, 0.2) is 0 Å². The molecule has 6 nitrogen and oxygen atoms in total. The lowest BCUT2D eigenvalue weighted by molar-refractivity contribution is -0.128. The first-order valence-electron chi connectivity index (χ1n) is 5.15. The van der Waals surface area contributed by atoms with Gasteiger partial charge in [-0.15, -0.1) is 0 Å². The van der Waals surface area contributed by atoms with E-state index >= 15 is 0 Å². The van der Waals surface area contributed by atoms with Gasteiger partial charge in [0, 0.05) is 21.1 Å². The van der Waals surface area contributed by atoms with E-state index in [1.54, 1.807) is 14.1 Å². The SMILES string of the molecule is CN(C)C(=O)CN(C)S(=O)(=O)CCCCN. The third-order valence-electron chi connectivity index (χ3n) is 2.19. The number of hydrogen-bond donors (Lipinski definition) is 1. The molecule has 0 aliphatic carbocycles. The minimum atomic E-state index is -3.33. The summed E-state index contributed by atoms with van der Waals surface area (Å²) in [5.74, 6) is -0.189. The monoisotopic (exact) mass is 251 g/mol. The van der Waals surface area contributed by atoms with Crippen molar-refractivity contribution in [2.24, 2.45) is 5.73 Å². The molecule has 0 unspecified atom stereocenters. The lowest BCUT2D eigenvalue weighted by Gasteiger charge is -2.18. The molecule has 0 aromatic heterocycles. The van der Waals surface area contributed by atoms with E-state index in [-0.39, 0.29) is 18.2 Å². The molecule has 0 spiro atoms. The molecule has 1 amide bonds. The Balaban J connectivity index is 4.25. The standard InChI is InChI=1S/C9H21N3O3S/c1-11(2)9(13)8-12(3)16(14,15)7-5-4-6-10/h4-8,10H2,1-3H3. The molecule has 0 aliphatic rings. The second-order valence-electron chi connectivity index (χ2n) is 3.86. The molecule has 0 saturated heterocycles. The quantitative estimate of drug-likeness (QED) is 0.593. The summed E-state index contributed by atoms with van der Waals surface area (Å²) in [4.78, 5) is 12.7. The highest BCUT2D eigenvalue weighted by atomic mass is 32.2. The van der Waals surface area contributed by atoms with Crippen LogP contribution in [0.3, 0.4) is 0 Å². The second-order valence-corrected chi connectivity index (χ2v) is 6.05. The van der Waals surface area contributed by atoms with E-state index in [2.05, 4.69) is 0 Å². The van der Waals surface area contributed by atoms with Gasteiger partial charge in [-0.2, -0.15) is 4.31 Å². The molecule has 0 aromatic rings. The average molecular weight is 251 g/mol. The van der Waals surface area contributed by atoms with Crippen LogP contribution < -0.4 is 5.73 Å². The molecular weight excluding hydrogens is 230 g/mol. The van der Waals surface area contributed by atoms with Crippen LogP contribution in [-0.4, -0.2) is 63.5 Å². The van der Waals surface area contributed by atoms with E-state index in [1.807, 2.05) is 0 Å². The number of hydrogen-bond acceptors (Lipinski definition) is 4. The molecule has 0 bridgehead atoms. The Morgan fingerprint density at radius 1 is 1.19 bits per heavy atom. The molecule has 0 rings (SSSR count). The van der Waals surface area contributed by atoms with Crippen molar-refractivity contribution in [1.29, 1.82) is 0 Å². The second kappa shape index (κ2) is 6.82. The summed E-state index contributed by atoms with van der Waals surface area (Å²) in [6, 6.07) is 0. The lowest BCUT2D eigenvalue weighted by Crippen LogP contribution is -2.38. The molecule has 0 fully saturated rings. The van der Waals surface area contributed by atoms with Gasteiger partial charge in [-0.05, 0) is 19.4 Å². The third kappa shape index (κ3) is 5.43. The van der Waals surface area contributed by atoms with Gasteiger partial charge in [-0.1, -0.05) is 0 Å². The van der Waals surface area contributed by atoms with Gasteiger partial charge in [-0.25, -0.2) is 8.42 Å². The van der Waals surface area contributed by atoms with Crippen molar-refractivity contribution in [3.05, 3.63) is 0 Å². The van der Waals surface area contributed by atoms with E-state index in [0.29, 0.717) is 19.4 Å². The van der Waals surface area contributed by atoms with Crippen LogP contribution in [0.5, 0.6) is 0 Å². The van der Waals surface area contributed by atoms with Crippen LogP contribution in [0.1, 0.15) is 12.8 Å². The van der Waals surface area contributed by atoms with Crippen molar-refractivity contribution in [1.82, 2.24) is 9.21 Å². The molecule has 96 valence electrons. The fourth-order valence-electron chi connectivity index (χ4n) is 1.01. The predicted octanol–water partition coefficient (Wildman–Crippen LogP) is -0.925. The van der Waals surface area contributed by atoms with E-state index in [4.69, 9.17) is 5.73 Å². The average Bonchev–Trinajstić information content (AvgIpc) is 2.17. The molecular formula is C9H21N3O3S. The number of sulfonamides is 1.